The van der Waals surface area contributed by atoms with Crippen molar-refractivity contribution in [2.75, 3.05) is 5.32 Å². The van der Waals surface area contributed by atoms with Gasteiger partial charge in [0.15, 0.2) is 5.11 Å². The quantitative estimate of drug-likeness (QED) is 0.111. The number of fused-ring (bicyclic) bond motifs is 1. The molecule has 5 nitrogen and oxygen atoms in total. The Kier molecular flexibility index (Phi) is 7.92. The molecule has 10 heteroatoms. The number of rotatable bonds is 5. The molecular formula is C27H16Cl2IN3O2S2. The molecule has 0 bridgehead atoms. The fourth-order valence-electron chi connectivity index (χ4n) is 3.55. The van der Waals surface area contributed by atoms with Crippen molar-refractivity contribution in [3.8, 4) is 21.9 Å². The van der Waals surface area contributed by atoms with Crippen LogP contribution in [0.25, 0.3) is 38.2 Å². The number of thiazole rings is 1. The van der Waals surface area contributed by atoms with Crippen LogP contribution in [0.2, 0.25) is 10.0 Å². The minimum absolute atomic E-state index is 0.173. The van der Waals surface area contributed by atoms with Gasteiger partial charge in [-0.25, -0.2) is 4.98 Å². The first-order valence-corrected chi connectivity index (χ1v) is 13.9. The highest BCUT2D eigenvalue weighted by molar-refractivity contribution is 14.1. The smallest absolute Gasteiger partial charge is 0.250 e. The lowest BCUT2D eigenvalue weighted by molar-refractivity contribution is -0.115. The number of aromatic nitrogens is 1. The number of hydrogen-bond donors (Lipinski definition) is 2. The van der Waals surface area contributed by atoms with Crippen molar-refractivity contribution in [3.63, 3.8) is 0 Å². The van der Waals surface area contributed by atoms with Gasteiger partial charge in [-0.15, -0.1) is 11.3 Å². The van der Waals surface area contributed by atoms with Gasteiger partial charge in [-0.3, -0.25) is 10.1 Å². The number of carbonyl (C=O) groups is 1. The highest BCUT2D eigenvalue weighted by Crippen LogP contribution is 2.35. The Morgan fingerprint density at radius 2 is 1.81 bits per heavy atom. The molecule has 2 N–H and O–H groups in total. The zero-order valence-electron chi connectivity index (χ0n) is 18.8. The summed E-state index contributed by atoms with van der Waals surface area (Å²) in [7, 11) is 0. The lowest BCUT2D eigenvalue weighted by Gasteiger charge is -2.12. The van der Waals surface area contributed by atoms with Gasteiger partial charge in [-0.05, 0) is 102 Å². The first kappa shape index (κ1) is 25.9. The molecule has 2 aromatic heterocycles. The number of para-hydroxylation sites is 1. The van der Waals surface area contributed by atoms with E-state index in [2.05, 4.69) is 33.2 Å². The van der Waals surface area contributed by atoms with Crippen LogP contribution in [-0.4, -0.2) is 16.0 Å². The summed E-state index contributed by atoms with van der Waals surface area (Å²) in [5.74, 6) is 0.687. The molecule has 0 spiro atoms. The summed E-state index contributed by atoms with van der Waals surface area (Å²) in [5.41, 5.74) is 3.34. The molecule has 0 aliphatic rings. The van der Waals surface area contributed by atoms with Gasteiger partial charge in [0.2, 0.25) is 5.91 Å². The fourth-order valence-corrected chi connectivity index (χ4v) is 5.77. The van der Waals surface area contributed by atoms with Crippen LogP contribution in [0, 0.1) is 3.57 Å². The van der Waals surface area contributed by atoms with E-state index < -0.39 is 5.91 Å². The minimum Gasteiger partial charge on any atom is -0.457 e. The van der Waals surface area contributed by atoms with Crippen LogP contribution in [-0.2, 0) is 4.79 Å². The second-order valence-corrected chi connectivity index (χ2v) is 11.4. The Bertz CT molecular complexity index is 1630. The van der Waals surface area contributed by atoms with Crippen molar-refractivity contribution in [2.24, 2.45) is 0 Å². The number of hydrogen-bond acceptors (Lipinski definition) is 5. The van der Waals surface area contributed by atoms with Gasteiger partial charge in [0.1, 0.15) is 16.5 Å². The van der Waals surface area contributed by atoms with E-state index in [1.54, 1.807) is 47.7 Å². The molecule has 0 aliphatic carbocycles. The predicted molar refractivity (Wildman–Crippen MR) is 165 cm³/mol. The van der Waals surface area contributed by atoms with Crippen molar-refractivity contribution in [3.05, 3.63) is 98.2 Å². The van der Waals surface area contributed by atoms with Gasteiger partial charge < -0.3 is 9.73 Å². The van der Waals surface area contributed by atoms with Crippen molar-refractivity contribution < 1.29 is 9.21 Å². The molecule has 5 rings (SSSR count). The Hall–Kier alpha value is -2.76. The van der Waals surface area contributed by atoms with E-state index in [0.717, 1.165) is 35.6 Å². The summed E-state index contributed by atoms with van der Waals surface area (Å²) in [5, 5.41) is 7.86. The summed E-state index contributed by atoms with van der Waals surface area (Å²) in [4.78, 5) is 17.3. The molecule has 0 aliphatic heterocycles. The van der Waals surface area contributed by atoms with Crippen molar-refractivity contribution in [2.45, 2.75) is 0 Å². The van der Waals surface area contributed by atoms with Crippen molar-refractivity contribution in [1.29, 1.82) is 0 Å². The largest absolute Gasteiger partial charge is 0.457 e. The maximum absolute atomic E-state index is 12.5. The topological polar surface area (TPSA) is 67.2 Å². The summed E-state index contributed by atoms with van der Waals surface area (Å²) < 4.78 is 7.96. The van der Waals surface area contributed by atoms with E-state index in [4.69, 9.17) is 44.8 Å². The lowest BCUT2D eigenvalue weighted by Crippen LogP contribution is -2.33. The van der Waals surface area contributed by atoms with Crippen LogP contribution in [0.15, 0.2) is 83.3 Å². The van der Waals surface area contributed by atoms with E-state index in [1.165, 1.54) is 6.08 Å². The molecule has 5 aromatic rings. The minimum atomic E-state index is -0.395. The van der Waals surface area contributed by atoms with Crippen LogP contribution in [0.4, 0.5) is 5.69 Å². The molecule has 1 amide bonds. The van der Waals surface area contributed by atoms with Crippen LogP contribution < -0.4 is 10.6 Å². The van der Waals surface area contributed by atoms with Gasteiger partial charge in [0.25, 0.3) is 0 Å². The zero-order valence-corrected chi connectivity index (χ0v) is 24.1. The maximum atomic E-state index is 12.5. The molecule has 2 heterocycles. The van der Waals surface area contributed by atoms with E-state index in [0.29, 0.717) is 21.6 Å². The normalized spacial score (nSPS) is 11.2. The Morgan fingerprint density at radius 1 is 1.03 bits per heavy atom. The molecule has 3 aromatic carbocycles. The van der Waals surface area contributed by atoms with E-state index in [1.807, 2.05) is 42.5 Å². The monoisotopic (exact) mass is 675 g/mol. The van der Waals surface area contributed by atoms with Crippen LogP contribution >= 0.6 is 69.3 Å². The second-order valence-electron chi connectivity index (χ2n) is 7.81. The molecule has 0 saturated heterocycles. The summed E-state index contributed by atoms with van der Waals surface area (Å²) in [6.45, 7) is 0. The zero-order chi connectivity index (χ0) is 25.9. The fraction of sp³-hybridized carbons (Fsp3) is 0. The van der Waals surface area contributed by atoms with Crippen molar-refractivity contribution in [1.82, 2.24) is 10.3 Å². The highest BCUT2D eigenvalue weighted by Gasteiger charge is 2.13. The molecule has 0 radical (unpaired) electrons. The number of nitrogens with zero attached hydrogens (tertiary/aromatic N) is 1. The average molecular weight is 676 g/mol. The number of carbonyl (C=O) groups excluding carboxylic acids is 1. The van der Waals surface area contributed by atoms with Gasteiger partial charge in [-0.2, -0.15) is 0 Å². The van der Waals surface area contributed by atoms with Gasteiger partial charge in [0.05, 0.1) is 15.9 Å². The van der Waals surface area contributed by atoms with Gasteiger partial charge >= 0.3 is 0 Å². The number of nitrogens with one attached hydrogen (secondary N) is 2. The molecule has 37 heavy (non-hydrogen) atoms. The molecule has 0 unspecified atom stereocenters. The first-order valence-electron chi connectivity index (χ1n) is 10.9. The molecule has 0 fully saturated rings. The molecule has 184 valence electrons. The lowest BCUT2D eigenvalue weighted by atomic mass is 10.2. The third-order valence-corrected chi connectivity index (χ3v) is 7.54. The third-order valence-electron chi connectivity index (χ3n) is 5.16. The molecule has 0 saturated carbocycles. The van der Waals surface area contributed by atoms with Gasteiger partial charge in [0, 0.05) is 30.8 Å². The van der Waals surface area contributed by atoms with E-state index in [9.17, 15) is 4.79 Å². The van der Waals surface area contributed by atoms with Crippen LogP contribution in [0.5, 0.6) is 0 Å². The van der Waals surface area contributed by atoms with Gasteiger partial charge in [-0.1, -0.05) is 35.3 Å². The number of benzene rings is 3. The number of furan rings is 1. The first-order chi connectivity index (χ1) is 17.8. The Balaban J connectivity index is 1.26. The molecular weight excluding hydrogens is 660 g/mol. The summed E-state index contributed by atoms with van der Waals surface area (Å²) >= 11 is 21.4. The van der Waals surface area contributed by atoms with Crippen LogP contribution in [0.3, 0.4) is 0 Å². The van der Waals surface area contributed by atoms with E-state index >= 15 is 0 Å². The standard InChI is InChI=1S/C27H16Cl2IN3O2S2/c28-16-11-15(12-17(29)13-16)23-9-6-19(35-23)7-10-25(34)33-27(36)32-21-8-5-18(30)14-20(21)26-31-22-3-1-2-4-24(22)37-26/h1-14H,(H2,32,33,34,36)/b10-7+. The average Bonchev–Trinajstić information content (AvgIpc) is 3.50. The Morgan fingerprint density at radius 3 is 2.59 bits per heavy atom. The van der Waals surface area contributed by atoms with E-state index in [-0.39, 0.29) is 5.11 Å². The number of thiocarbonyl (C=S) groups is 1. The SMILES string of the molecule is O=C(/C=C/c1ccc(-c2cc(Cl)cc(Cl)c2)o1)NC(=S)Nc1ccc(I)cc1-c1nc2ccccc2s1. The van der Waals surface area contributed by atoms with Crippen LogP contribution in [0.1, 0.15) is 5.76 Å². The number of anilines is 1. The summed E-state index contributed by atoms with van der Waals surface area (Å²) in [6.07, 6.45) is 2.91. The molecule has 0 atom stereocenters. The predicted octanol–water partition coefficient (Wildman–Crippen LogP) is 8.66. The highest BCUT2D eigenvalue weighted by atomic mass is 127. The number of halogens is 3. The third kappa shape index (κ3) is 6.39. The maximum Gasteiger partial charge on any atom is 0.250 e. The number of amides is 1. The van der Waals surface area contributed by atoms with Crippen molar-refractivity contribution >= 4 is 102 Å². The second kappa shape index (κ2) is 11.3. The summed E-state index contributed by atoms with van der Waals surface area (Å²) in [6, 6.07) is 22.6. The Labute approximate surface area is 245 Å².